The van der Waals surface area contributed by atoms with Crippen LogP contribution in [-0.2, 0) is 20.2 Å². The van der Waals surface area contributed by atoms with Gasteiger partial charge in [0.1, 0.15) is 6.61 Å². The number of benzene rings is 2. The van der Waals surface area contributed by atoms with E-state index in [0.717, 1.165) is 46.6 Å². The summed E-state index contributed by atoms with van der Waals surface area (Å²) in [5, 5.41) is 15.6. The average molecular weight is 385 g/mol. The molecular formula is C19H23N5O2S. The van der Waals surface area contributed by atoms with E-state index in [1.807, 2.05) is 49.5 Å². The summed E-state index contributed by atoms with van der Waals surface area (Å²) in [6, 6.07) is 16.1. The second kappa shape index (κ2) is 9.94. The van der Waals surface area contributed by atoms with Crippen molar-refractivity contribution < 1.29 is 9.47 Å². The summed E-state index contributed by atoms with van der Waals surface area (Å²) in [5.74, 6) is 2.38. The van der Waals surface area contributed by atoms with E-state index in [9.17, 15) is 0 Å². The van der Waals surface area contributed by atoms with Gasteiger partial charge in [-0.25, -0.2) is 4.68 Å². The quantitative estimate of drug-likeness (QED) is 0.425. The second-order valence-electron chi connectivity index (χ2n) is 5.87. The Bertz CT molecular complexity index is 841. The number of aromatic nitrogens is 4. The number of nitrogens with one attached hydrogen (secondary N) is 1. The topological polar surface area (TPSA) is 74.1 Å². The number of hydrogen-bond acceptors (Lipinski definition) is 7. The fourth-order valence-corrected chi connectivity index (χ4v) is 3.21. The monoisotopic (exact) mass is 385 g/mol. The molecule has 142 valence electrons. The minimum atomic E-state index is 0.517. The first kappa shape index (κ1) is 19.2. The predicted molar refractivity (Wildman–Crippen MR) is 105 cm³/mol. The SMILES string of the molecule is COc1cc(CNCCSc2nnnn2C)ccc1OCc1ccccc1. The Labute approximate surface area is 163 Å². The molecule has 0 bridgehead atoms. The molecule has 0 atom stereocenters. The van der Waals surface area contributed by atoms with Crippen molar-refractivity contribution in [3.63, 3.8) is 0 Å². The molecule has 1 aromatic heterocycles. The summed E-state index contributed by atoms with van der Waals surface area (Å²) >= 11 is 1.62. The Balaban J connectivity index is 1.46. The highest BCUT2D eigenvalue weighted by molar-refractivity contribution is 7.99. The molecule has 0 saturated carbocycles. The van der Waals surface area contributed by atoms with Crippen LogP contribution in [-0.4, -0.2) is 39.6 Å². The Morgan fingerprint density at radius 2 is 1.93 bits per heavy atom. The summed E-state index contributed by atoms with van der Waals surface area (Å²) in [6.45, 7) is 2.13. The predicted octanol–water partition coefficient (Wildman–Crippen LogP) is 2.68. The fourth-order valence-electron chi connectivity index (χ4n) is 2.47. The maximum atomic E-state index is 5.89. The van der Waals surface area contributed by atoms with Crippen LogP contribution in [0.3, 0.4) is 0 Å². The van der Waals surface area contributed by atoms with Crippen molar-refractivity contribution in [1.82, 2.24) is 25.5 Å². The standard InChI is InChI=1S/C19H23N5O2S/c1-24-19(21-22-23-24)27-11-10-20-13-16-8-9-17(18(12-16)25-2)26-14-15-6-4-3-5-7-15/h3-9,12,20H,10-11,13-14H2,1-2H3. The first-order valence-electron chi connectivity index (χ1n) is 8.66. The Hall–Kier alpha value is -2.58. The van der Waals surface area contributed by atoms with Gasteiger partial charge in [0.2, 0.25) is 5.16 Å². The largest absolute Gasteiger partial charge is 0.493 e. The molecule has 27 heavy (non-hydrogen) atoms. The maximum Gasteiger partial charge on any atom is 0.209 e. The molecule has 0 saturated heterocycles. The number of methoxy groups -OCH3 is 1. The van der Waals surface area contributed by atoms with Gasteiger partial charge < -0.3 is 14.8 Å². The fraction of sp³-hybridized carbons (Fsp3) is 0.316. The van der Waals surface area contributed by atoms with Crippen LogP contribution in [0.1, 0.15) is 11.1 Å². The molecule has 0 aliphatic rings. The molecule has 8 heteroatoms. The normalized spacial score (nSPS) is 10.7. The zero-order chi connectivity index (χ0) is 18.9. The molecule has 0 fully saturated rings. The summed E-state index contributed by atoms with van der Waals surface area (Å²) in [7, 11) is 3.50. The summed E-state index contributed by atoms with van der Waals surface area (Å²) in [6.07, 6.45) is 0. The van der Waals surface area contributed by atoms with Crippen molar-refractivity contribution in [2.24, 2.45) is 7.05 Å². The third-order valence-electron chi connectivity index (χ3n) is 3.89. The summed E-state index contributed by atoms with van der Waals surface area (Å²) in [5.41, 5.74) is 2.27. The van der Waals surface area contributed by atoms with Crippen LogP contribution >= 0.6 is 11.8 Å². The number of ether oxygens (including phenoxy) is 2. The molecule has 0 aliphatic carbocycles. The first-order chi connectivity index (χ1) is 13.3. The van der Waals surface area contributed by atoms with Crippen molar-refractivity contribution >= 4 is 11.8 Å². The van der Waals surface area contributed by atoms with Gasteiger partial charge in [0, 0.05) is 25.9 Å². The van der Waals surface area contributed by atoms with Gasteiger partial charge in [0.05, 0.1) is 7.11 Å². The van der Waals surface area contributed by atoms with E-state index in [4.69, 9.17) is 9.47 Å². The molecule has 7 nitrogen and oxygen atoms in total. The average Bonchev–Trinajstić information content (AvgIpc) is 3.12. The molecule has 3 rings (SSSR count). The van der Waals surface area contributed by atoms with Crippen molar-refractivity contribution in [2.45, 2.75) is 18.3 Å². The van der Waals surface area contributed by atoms with Crippen LogP contribution in [0.25, 0.3) is 0 Å². The highest BCUT2D eigenvalue weighted by atomic mass is 32.2. The van der Waals surface area contributed by atoms with E-state index in [0.29, 0.717) is 6.61 Å². The minimum absolute atomic E-state index is 0.517. The number of tetrazole rings is 1. The molecular weight excluding hydrogens is 362 g/mol. The van der Waals surface area contributed by atoms with Crippen molar-refractivity contribution in [2.75, 3.05) is 19.4 Å². The Morgan fingerprint density at radius 3 is 2.67 bits per heavy atom. The van der Waals surface area contributed by atoms with Gasteiger partial charge in [-0.05, 0) is 33.7 Å². The molecule has 0 unspecified atom stereocenters. The zero-order valence-corrected chi connectivity index (χ0v) is 16.3. The summed E-state index contributed by atoms with van der Waals surface area (Å²) in [4.78, 5) is 0. The lowest BCUT2D eigenvalue weighted by Crippen LogP contribution is -2.16. The molecule has 0 radical (unpaired) electrons. The van der Waals surface area contributed by atoms with Gasteiger partial charge in [0.15, 0.2) is 11.5 Å². The Kier molecular flexibility index (Phi) is 7.06. The van der Waals surface area contributed by atoms with E-state index in [1.165, 1.54) is 0 Å². The van der Waals surface area contributed by atoms with Crippen molar-refractivity contribution in [3.05, 3.63) is 59.7 Å². The third kappa shape index (κ3) is 5.70. The van der Waals surface area contributed by atoms with E-state index >= 15 is 0 Å². The van der Waals surface area contributed by atoms with Gasteiger partial charge in [-0.1, -0.05) is 48.2 Å². The van der Waals surface area contributed by atoms with Crippen LogP contribution in [0.2, 0.25) is 0 Å². The van der Waals surface area contributed by atoms with Crippen LogP contribution in [0.5, 0.6) is 11.5 Å². The van der Waals surface area contributed by atoms with E-state index in [2.05, 4.69) is 26.9 Å². The maximum absolute atomic E-state index is 5.89. The Morgan fingerprint density at radius 1 is 1.07 bits per heavy atom. The van der Waals surface area contributed by atoms with Gasteiger partial charge in [0.25, 0.3) is 0 Å². The number of hydrogen-bond donors (Lipinski definition) is 1. The second-order valence-corrected chi connectivity index (χ2v) is 6.93. The van der Waals surface area contributed by atoms with Crippen LogP contribution < -0.4 is 14.8 Å². The van der Waals surface area contributed by atoms with E-state index in [1.54, 1.807) is 23.6 Å². The van der Waals surface area contributed by atoms with Gasteiger partial charge in [-0.15, -0.1) is 5.10 Å². The number of rotatable bonds is 10. The molecule has 1 heterocycles. The lowest BCUT2D eigenvalue weighted by atomic mass is 10.2. The summed E-state index contributed by atoms with van der Waals surface area (Å²) < 4.78 is 13.0. The number of aryl methyl sites for hydroxylation is 1. The lowest BCUT2D eigenvalue weighted by Gasteiger charge is -2.13. The third-order valence-corrected chi connectivity index (χ3v) is 4.90. The van der Waals surface area contributed by atoms with Gasteiger partial charge in [-0.3, -0.25) is 0 Å². The van der Waals surface area contributed by atoms with Crippen molar-refractivity contribution in [3.8, 4) is 11.5 Å². The van der Waals surface area contributed by atoms with Crippen LogP contribution in [0, 0.1) is 0 Å². The molecule has 0 spiro atoms. The van der Waals surface area contributed by atoms with E-state index in [-0.39, 0.29) is 0 Å². The minimum Gasteiger partial charge on any atom is -0.493 e. The van der Waals surface area contributed by atoms with Crippen molar-refractivity contribution in [1.29, 1.82) is 0 Å². The molecule has 3 aromatic rings. The first-order valence-corrected chi connectivity index (χ1v) is 9.64. The van der Waals surface area contributed by atoms with Gasteiger partial charge in [-0.2, -0.15) is 0 Å². The van der Waals surface area contributed by atoms with Gasteiger partial charge >= 0.3 is 0 Å². The molecule has 0 amide bonds. The van der Waals surface area contributed by atoms with Crippen LogP contribution in [0.4, 0.5) is 0 Å². The van der Waals surface area contributed by atoms with Crippen LogP contribution in [0.15, 0.2) is 53.7 Å². The lowest BCUT2D eigenvalue weighted by molar-refractivity contribution is 0.284. The molecule has 0 aliphatic heterocycles. The smallest absolute Gasteiger partial charge is 0.209 e. The van der Waals surface area contributed by atoms with E-state index < -0.39 is 0 Å². The highest BCUT2D eigenvalue weighted by Crippen LogP contribution is 2.28. The zero-order valence-electron chi connectivity index (χ0n) is 15.5. The molecule has 1 N–H and O–H groups in total. The highest BCUT2D eigenvalue weighted by Gasteiger charge is 2.07. The number of nitrogens with zero attached hydrogens (tertiary/aromatic N) is 4. The molecule has 2 aromatic carbocycles. The number of thioether (sulfide) groups is 1.